The van der Waals surface area contributed by atoms with Crippen molar-refractivity contribution in [2.24, 2.45) is 11.8 Å². The van der Waals surface area contributed by atoms with E-state index in [0.717, 1.165) is 11.8 Å². The Bertz CT molecular complexity index is 296. The number of carboxylic acids is 2. The van der Waals surface area contributed by atoms with Gasteiger partial charge < -0.3 is 19.8 Å². The zero-order valence-electron chi connectivity index (χ0n) is 18.3. The van der Waals surface area contributed by atoms with Gasteiger partial charge in [-0.25, -0.2) is 0 Å². The van der Waals surface area contributed by atoms with Crippen LogP contribution in [0.3, 0.4) is 0 Å². The van der Waals surface area contributed by atoms with Crippen LogP contribution in [0.1, 0.15) is 105 Å². The van der Waals surface area contributed by atoms with Crippen LogP contribution in [0.25, 0.3) is 0 Å². The van der Waals surface area contributed by atoms with Crippen LogP contribution in [-0.4, -0.2) is 11.9 Å². The van der Waals surface area contributed by atoms with E-state index in [9.17, 15) is 19.8 Å². The van der Waals surface area contributed by atoms with Gasteiger partial charge in [0, 0.05) is 11.9 Å². The van der Waals surface area contributed by atoms with Gasteiger partial charge in [-0.2, -0.15) is 0 Å². The molecule has 0 aliphatic rings. The predicted octanol–water partition coefficient (Wildman–Crippen LogP) is -2.53. The average Bonchev–Trinajstić information content (AvgIpc) is 2.52. The SMILES string of the molecule is CCCCC(CC)CCCCCCC(C)C.O=C([O-])CCC(=O)[O-].[Na+].[Na+]. The minimum Gasteiger partial charge on any atom is -0.550 e. The first-order valence-corrected chi connectivity index (χ1v) is 9.73. The van der Waals surface area contributed by atoms with Crippen molar-refractivity contribution in [1.29, 1.82) is 0 Å². The quantitative estimate of drug-likeness (QED) is 0.243. The average molecular weight is 389 g/mol. The fourth-order valence-corrected chi connectivity index (χ4v) is 2.59. The molecule has 0 amide bonds. The summed E-state index contributed by atoms with van der Waals surface area (Å²) in [5.74, 6) is -0.818. The van der Waals surface area contributed by atoms with E-state index in [4.69, 9.17) is 0 Å². The summed E-state index contributed by atoms with van der Waals surface area (Å²) >= 11 is 0. The van der Waals surface area contributed by atoms with Gasteiger partial charge in [0.15, 0.2) is 0 Å². The summed E-state index contributed by atoms with van der Waals surface area (Å²) in [7, 11) is 0. The summed E-state index contributed by atoms with van der Waals surface area (Å²) in [6.07, 6.45) is 13.5. The van der Waals surface area contributed by atoms with Crippen LogP contribution >= 0.6 is 0 Å². The molecule has 0 rings (SSSR count). The summed E-state index contributed by atoms with van der Waals surface area (Å²) in [6, 6.07) is 0. The van der Waals surface area contributed by atoms with Gasteiger partial charge in [0.2, 0.25) is 0 Å². The maximum atomic E-state index is 9.50. The van der Waals surface area contributed by atoms with Crippen molar-refractivity contribution < 1.29 is 78.9 Å². The van der Waals surface area contributed by atoms with E-state index in [1.807, 2.05) is 0 Å². The number of carbonyl (C=O) groups excluding carboxylic acids is 2. The molecule has 0 aliphatic carbocycles. The molecule has 0 aromatic rings. The van der Waals surface area contributed by atoms with Crippen LogP contribution in [0.15, 0.2) is 0 Å². The second-order valence-electron chi connectivity index (χ2n) is 7.05. The Hall–Kier alpha value is 0.940. The molecule has 4 nitrogen and oxygen atoms in total. The van der Waals surface area contributed by atoms with Gasteiger partial charge in [0.25, 0.3) is 0 Å². The summed E-state index contributed by atoms with van der Waals surface area (Å²) < 4.78 is 0. The summed E-state index contributed by atoms with van der Waals surface area (Å²) in [6.45, 7) is 9.33. The van der Waals surface area contributed by atoms with Crippen molar-refractivity contribution in [2.75, 3.05) is 0 Å². The molecule has 0 heterocycles. The first-order valence-electron chi connectivity index (χ1n) is 9.73. The molecule has 6 heteroatoms. The Morgan fingerprint density at radius 1 is 0.731 bits per heavy atom. The van der Waals surface area contributed by atoms with E-state index in [0.29, 0.717) is 0 Å². The largest absolute Gasteiger partial charge is 1.00 e. The van der Waals surface area contributed by atoms with Crippen LogP contribution in [0.2, 0.25) is 0 Å². The molecular formula is C20H38Na2O4. The normalized spacial score (nSPS) is 10.8. The fraction of sp³-hybridized carbons (Fsp3) is 0.900. The van der Waals surface area contributed by atoms with Gasteiger partial charge in [-0.15, -0.1) is 0 Å². The van der Waals surface area contributed by atoms with E-state index in [1.165, 1.54) is 64.2 Å². The van der Waals surface area contributed by atoms with Gasteiger partial charge in [-0.1, -0.05) is 91.9 Å². The van der Waals surface area contributed by atoms with Crippen LogP contribution < -0.4 is 69.3 Å². The Morgan fingerprint density at radius 3 is 1.50 bits per heavy atom. The molecule has 26 heavy (non-hydrogen) atoms. The molecule has 0 bridgehead atoms. The second-order valence-corrected chi connectivity index (χ2v) is 7.05. The minimum atomic E-state index is -1.37. The first kappa shape index (κ1) is 34.4. The molecule has 1 atom stereocenters. The van der Waals surface area contributed by atoms with E-state index in [1.54, 1.807) is 0 Å². The van der Waals surface area contributed by atoms with Crippen LogP contribution in [-0.2, 0) is 9.59 Å². The molecule has 1 unspecified atom stereocenters. The minimum absolute atomic E-state index is 0. The smallest absolute Gasteiger partial charge is 0.550 e. The van der Waals surface area contributed by atoms with Crippen molar-refractivity contribution >= 4 is 11.9 Å². The maximum absolute atomic E-state index is 9.50. The standard InChI is InChI=1S/C16H34.C4H6O4.2Na/c1-5-7-13-16(6-2)14-11-9-8-10-12-15(3)4;5-3(6)1-2-4(7)8;;/h15-16H,5-14H2,1-4H3;1-2H2,(H,5,6)(H,7,8);;/q;;2*+1/p-2. The molecule has 0 aromatic heterocycles. The van der Waals surface area contributed by atoms with E-state index in [-0.39, 0.29) is 59.1 Å². The van der Waals surface area contributed by atoms with Crippen LogP contribution in [0.4, 0.5) is 0 Å². The first-order chi connectivity index (χ1) is 11.3. The van der Waals surface area contributed by atoms with Gasteiger partial charge in [-0.3, -0.25) is 0 Å². The van der Waals surface area contributed by atoms with E-state index < -0.39 is 24.8 Å². The number of carboxylic acid groups (broad SMARTS) is 2. The van der Waals surface area contributed by atoms with Crippen molar-refractivity contribution in [3.8, 4) is 0 Å². The predicted molar refractivity (Wildman–Crippen MR) is 95.1 cm³/mol. The van der Waals surface area contributed by atoms with Gasteiger partial charge in [-0.05, 0) is 24.7 Å². The molecule has 144 valence electrons. The van der Waals surface area contributed by atoms with E-state index in [2.05, 4.69) is 27.7 Å². The van der Waals surface area contributed by atoms with Gasteiger partial charge >= 0.3 is 59.1 Å². The number of aliphatic carboxylic acids is 2. The molecule has 0 N–H and O–H groups in total. The third-order valence-corrected chi connectivity index (χ3v) is 4.22. The topological polar surface area (TPSA) is 80.3 Å². The second kappa shape index (κ2) is 25.9. The summed E-state index contributed by atoms with van der Waals surface area (Å²) in [4.78, 5) is 19.0. The van der Waals surface area contributed by atoms with Crippen molar-refractivity contribution in [3.05, 3.63) is 0 Å². The molecule has 0 radical (unpaired) electrons. The Balaban J connectivity index is -0.000000208. The molecule has 0 aliphatic heterocycles. The maximum Gasteiger partial charge on any atom is 1.00 e. The third-order valence-electron chi connectivity index (χ3n) is 4.22. The number of rotatable bonds is 14. The molecule has 0 saturated heterocycles. The molecule has 0 spiro atoms. The summed E-state index contributed by atoms with van der Waals surface area (Å²) in [5.41, 5.74) is 0. The Labute approximate surface area is 205 Å². The monoisotopic (exact) mass is 388 g/mol. The van der Waals surface area contributed by atoms with Crippen LogP contribution in [0, 0.1) is 11.8 Å². The summed E-state index contributed by atoms with van der Waals surface area (Å²) in [5, 5.41) is 19.0. The molecule has 0 saturated carbocycles. The van der Waals surface area contributed by atoms with Gasteiger partial charge in [0.1, 0.15) is 0 Å². The number of carbonyl (C=O) groups is 2. The zero-order valence-corrected chi connectivity index (χ0v) is 22.3. The van der Waals surface area contributed by atoms with Crippen molar-refractivity contribution in [1.82, 2.24) is 0 Å². The molecular weight excluding hydrogens is 350 g/mol. The van der Waals surface area contributed by atoms with Crippen molar-refractivity contribution in [2.45, 2.75) is 105 Å². The fourth-order valence-electron chi connectivity index (χ4n) is 2.59. The number of unbranched alkanes of at least 4 members (excludes halogenated alkanes) is 4. The third kappa shape index (κ3) is 32.6. The molecule has 0 aromatic carbocycles. The Morgan fingerprint density at radius 2 is 1.15 bits per heavy atom. The van der Waals surface area contributed by atoms with Gasteiger partial charge in [0.05, 0.1) is 0 Å². The number of hydrogen-bond donors (Lipinski definition) is 0. The molecule has 0 fully saturated rings. The van der Waals surface area contributed by atoms with Crippen molar-refractivity contribution in [3.63, 3.8) is 0 Å². The Kier molecular flexibility index (Phi) is 34.4. The zero-order chi connectivity index (χ0) is 18.8. The van der Waals surface area contributed by atoms with Crippen LogP contribution in [0.5, 0.6) is 0 Å². The number of hydrogen-bond acceptors (Lipinski definition) is 4. The van der Waals surface area contributed by atoms with E-state index >= 15 is 0 Å².